The van der Waals surface area contributed by atoms with E-state index in [2.05, 4.69) is 0 Å². The molecule has 1 amide bonds. The molecule has 1 aliphatic rings. The number of benzene rings is 1. The molecular formula is C15H22ClFN2O2. The Morgan fingerprint density at radius 1 is 1.38 bits per heavy atom. The van der Waals surface area contributed by atoms with E-state index in [-0.39, 0.29) is 30.2 Å². The number of nitrogens with two attached hydrogens (primary N) is 1. The average Bonchev–Trinajstić information content (AvgIpc) is 2.47. The molecule has 1 saturated heterocycles. The standard InChI is InChI=1S/C15H21FN2O2.ClH/c16-13-4-1-3-12(11-13)15(19)18-8-5-14(6-9-18)20-10-2-7-17;/h1,3-4,11,14H,2,5-10,17H2;1H. The van der Waals surface area contributed by atoms with Crippen LogP contribution in [-0.2, 0) is 4.74 Å². The Labute approximate surface area is 130 Å². The zero-order chi connectivity index (χ0) is 14.4. The third-order valence-electron chi connectivity index (χ3n) is 3.50. The van der Waals surface area contributed by atoms with E-state index in [0.29, 0.717) is 31.8 Å². The molecule has 2 N–H and O–H groups in total. The van der Waals surface area contributed by atoms with E-state index < -0.39 is 0 Å². The normalized spacial score (nSPS) is 15.6. The van der Waals surface area contributed by atoms with Crippen LogP contribution in [0.25, 0.3) is 0 Å². The molecule has 0 bridgehead atoms. The van der Waals surface area contributed by atoms with Gasteiger partial charge in [-0.2, -0.15) is 0 Å². The molecular weight excluding hydrogens is 295 g/mol. The number of halogens is 2. The predicted octanol–water partition coefficient (Wildman–Crippen LogP) is 2.22. The number of likely N-dealkylation sites (tertiary alicyclic amines) is 1. The molecule has 21 heavy (non-hydrogen) atoms. The zero-order valence-corrected chi connectivity index (χ0v) is 12.8. The van der Waals surface area contributed by atoms with Crippen LogP contribution in [-0.4, -0.2) is 43.2 Å². The summed E-state index contributed by atoms with van der Waals surface area (Å²) in [6, 6.07) is 5.83. The number of rotatable bonds is 5. The van der Waals surface area contributed by atoms with Crippen molar-refractivity contribution in [3.05, 3.63) is 35.6 Å². The molecule has 2 rings (SSSR count). The van der Waals surface area contributed by atoms with Crippen LogP contribution in [0.3, 0.4) is 0 Å². The van der Waals surface area contributed by atoms with E-state index in [1.54, 1.807) is 17.0 Å². The lowest BCUT2D eigenvalue weighted by Crippen LogP contribution is -2.41. The molecule has 0 radical (unpaired) electrons. The minimum Gasteiger partial charge on any atom is -0.378 e. The Morgan fingerprint density at radius 3 is 2.71 bits per heavy atom. The van der Waals surface area contributed by atoms with E-state index in [1.807, 2.05) is 0 Å². The van der Waals surface area contributed by atoms with Gasteiger partial charge in [0.1, 0.15) is 5.82 Å². The Hall–Kier alpha value is -1.17. The number of nitrogens with zero attached hydrogens (tertiary/aromatic N) is 1. The molecule has 0 atom stereocenters. The van der Waals surface area contributed by atoms with Gasteiger partial charge in [-0.1, -0.05) is 6.07 Å². The highest BCUT2D eigenvalue weighted by Gasteiger charge is 2.24. The highest BCUT2D eigenvalue weighted by atomic mass is 35.5. The van der Waals surface area contributed by atoms with Crippen molar-refractivity contribution in [2.45, 2.75) is 25.4 Å². The van der Waals surface area contributed by atoms with Crippen molar-refractivity contribution in [3.63, 3.8) is 0 Å². The van der Waals surface area contributed by atoms with E-state index in [9.17, 15) is 9.18 Å². The summed E-state index contributed by atoms with van der Waals surface area (Å²) in [5.74, 6) is -0.485. The number of ether oxygens (including phenoxy) is 1. The summed E-state index contributed by atoms with van der Waals surface area (Å²) in [6.45, 7) is 2.63. The monoisotopic (exact) mass is 316 g/mol. The van der Waals surface area contributed by atoms with Crippen molar-refractivity contribution in [1.29, 1.82) is 0 Å². The molecule has 118 valence electrons. The predicted molar refractivity (Wildman–Crippen MR) is 82.2 cm³/mol. The first-order valence-corrected chi connectivity index (χ1v) is 7.07. The van der Waals surface area contributed by atoms with E-state index in [4.69, 9.17) is 10.5 Å². The summed E-state index contributed by atoms with van der Waals surface area (Å²) in [5, 5.41) is 0. The van der Waals surface area contributed by atoms with Crippen molar-refractivity contribution < 1.29 is 13.9 Å². The maximum atomic E-state index is 13.1. The van der Waals surface area contributed by atoms with E-state index >= 15 is 0 Å². The fraction of sp³-hybridized carbons (Fsp3) is 0.533. The molecule has 6 heteroatoms. The minimum absolute atomic E-state index is 0. The highest BCUT2D eigenvalue weighted by Crippen LogP contribution is 2.17. The molecule has 1 aromatic rings. The number of carbonyl (C=O) groups is 1. The zero-order valence-electron chi connectivity index (χ0n) is 12.0. The third-order valence-corrected chi connectivity index (χ3v) is 3.50. The molecule has 1 fully saturated rings. The van der Waals surface area contributed by atoms with Gasteiger partial charge in [-0.15, -0.1) is 12.4 Å². The highest BCUT2D eigenvalue weighted by molar-refractivity contribution is 5.94. The lowest BCUT2D eigenvalue weighted by atomic mass is 10.1. The van der Waals surface area contributed by atoms with Crippen LogP contribution in [0.2, 0.25) is 0 Å². The molecule has 1 heterocycles. The van der Waals surface area contributed by atoms with Crippen LogP contribution < -0.4 is 5.73 Å². The van der Waals surface area contributed by atoms with Crippen LogP contribution in [0.4, 0.5) is 4.39 Å². The Bertz CT molecular complexity index is 451. The molecule has 0 aromatic heterocycles. The topological polar surface area (TPSA) is 55.6 Å². The van der Waals surface area contributed by atoms with Crippen molar-refractivity contribution >= 4 is 18.3 Å². The first kappa shape index (κ1) is 17.9. The second-order valence-electron chi connectivity index (χ2n) is 5.01. The smallest absolute Gasteiger partial charge is 0.253 e. The van der Waals surface area contributed by atoms with Crippen molar-refractivity contribution in [3.8, 4) is 0 Å². The number of hydrogen-bond acceptors (Lipinski definition) is 3. The molecule has 0 unspecified atom stereocenters. The molecule has 0 spiro atoms. The van der Waals surface area contributed by atoms with Gasteiger partial charge in [-0.3, -0.25) is 4.79 Å². The van der Waals surface area contributed by atoms with Gasteiger partial charge < -0.3 is 15.4 Å². The SMILES string of the molecule is Cl.NCCCOC1CCN(C(=O)c2cccc(F)c2)CC1. The summed E-state index contributed by atoms with van der Waals surface area (Å²) in [4.78, 5) is 14.0. The first-order chi connectivity index (χ1) is 9.70. The van der Waals surface area contributed by atoms with Crippen LogP contribution in [0, 0.1) is 5.82 Å². The quantitative estimate of drug-likeness (QED) is 0.847. The van der Waals surface area contributed by atoms with Crippen molar-refractivity contribution in [2.24, 2.45) is 5.73 Å². The second kappa shape index (κ2) is 8.97. The van der Waals surface area contributed by atoms with Gasteiger partial charge in [0.05, 0.1) is 6.10 Å². The van der Waals surface area contributed by atoms with Crippen LogP contribution in [0.1, 0.15) is 29.6 Å². The van der Waals surface area contributed by atoms with Crippen molar-refractivity contribution in [2.75, 3.05) is 26.2 Å². The van der Waals surface area contributed by atoms with E-state index in [1.165, 1.54) is 12.1 Å². The minimum atomic E-state index is -0.379. The fourth-order valence-corrected chi connectivity index (χ4v) is 2.36. The largest absolute Gasteiger partial charge is 0.378 e. The average molecular weight is 317 g/mol. The lowest BCUT2D eigenvalue weighted by Gasteiger charge is -2.32. The van der Waals surface area contributed by atoms with Gasteiger partial charge in [0, 0.05) is 25.3 Å². The Balaban J connectivity index is 0.00000220. The van der Waals surface area contributed by atoms with Gasteiger partial charge in [0.2, 0.25) is 0 Å². The Kier molecular flexibility index (Phi) is 7.64. The van der Waals surface area contributed by atoms with Gasteiger partial charge in [-0.25, -0.2) is 4.39 Å². The summed E-state index contributed by atoms with van der Waals surface area (Å²) in [5.41, 5.74) is 5.83. The first-order valence-electron chi connectivity index (χ1n) is 7.07. The lowest BCUT2D eigenvalue weighted by molar-refractivity contribution is 0.00843. The molecule has 1 aromatic carbocycles. The summed E-state index contributed by atoms with van der Waals surface area (Å²) in [6.07, 6.45) is 2.72. The maximum Gasteiger partial charge on any atom is 0.253 e. The van der Waals surface area contributed by atoms with Gasteiger partial charge in [0.25, 0.3) is 5.91 Å². The number of amides is 1. The van der Waals surface area contributed by atoms with Gasteiger partial charge in [-0.05, 0) is 44.0 Å². The molecule has 0 saturated carbocycles. The maximum absolute atomic E-state index is 13.1. The number of piperidine rings is 1. The molecule has 4 nitrogen and oxygen atoms in total. The van der Waals surface area contributed by atoms with Gasteiger partial charge in [0.15, 0.2) is 0 Å². The number of hydrogen-bond donors (Lipinski definition) is 1. The van der Waals surface area contributed by atoms with Crippen LogP contribution in [0.15, 0.2) is 24.3 Å². The fourth-order valence-electron chi connectivity index (χ4n) is 2.36. The van der Waals surface area contributed by atoms with Crippen LogP contribution >= 0.6 is 12.4 Å². The third kappa shape index (κ3) is 5.26. The van der Waals surface area contributed by atoms with Gasteiger partial charge >= 0.3 is 0 Å². The second-order valence-corrected chi connectivity index (χ2v) is 5.01. The van der Waals surface area contributed by atoms with Crippen molar-refractivity contribution in [1.82, 2.24) is 4.90 Å². The number of carbonyl (C=O) groups excluding carboxylic acids is 1. The summed E-state index contributed by atoms with van der Waals surface area (Å²) >= 11 is 0. The summed E-state index contributed by atoms with van der Waals surface area (Å²) in [7, 11) is 0. The Morgan fingerprint density at radius 2 is 2.10 bits per heavy atom. The van der Waals surface area contributed by atoms with E-state index in [0.717, 1.165) is 19.3 Å². The van der Waals surface area contributed by atoms with Crippen LogP contribution in [0.5, 0.6) is 0 Å². The summed E-state index contributed by atoms with van der Waals surface area (Å²) < 4.78 is 18.8. The molecule has 0 aliphatic carbocycles. The molecule has 1 aliphatic heterocycles.